The molecule has 2 heterocycles. The molecule has 2 aromatic heterocycles. The van der Waals surface area contributed by atoms with Crippen LogP contribution in [0.3, 0.4) is 0 Å². The van der Waals surface area contributed by atoms with E-state index in [4.69, 9.17) is 24.7 Å². The van der Waals surface area contributed by atoms with Crippen LogP contribution in [0.2, 0.25) is 0 Å². The Balaban J connectivity index is 2.13. The molecule has 32 heavy (non-hydrogen) atoms. The van der Waals surface area contributed by atoms with Crippen LogP contribution in [0.25, 0.3) is 5.52 Å². The van der Waals surface area contributed by atoms with Crippen molar-refractivity contribution in [2.75, 3.05) is 38.8 Å². The molecular weight excluding hydrogens is 412 g/mol. The highest BCUT2D eigenvalue weighted by Gasteiger charge is 2.28. The minimum absolute atomic E-state index is 0.297. The summed E-state index contributed by atoms with van der Waals surface area (Å²) < 4.78 is 25.4. The summed E-state index contributed by atoms with van der Waals surface area (Å²) in [7, 11) is 0. The first-order chi connectivity index (χ1) is 15.6. The predicted octanol–water partition coefficient (Wildman–Crippen LogP) is 3.51. The van der Waals surface area contributed by atoms with Crippen LogP contribution in [0.15, 0.2) is 18.5 Å². The minimum Gasteiger partial charge on any atom is -0.382 e. The van der Waals surface area contributed by atoms with Gasteiger partial charge in [0, 0.05) is 19.8 Å². The average Bonchev–Trinajstić information content (AvgIpc) is 3.23. The fraction of sp³-hybridized carbons (Fsp3) is 0.739. The van der Waals surface area contributed by atoms with E-state index in [-0.39, 0.29) is 6.10 Å². The molecule has 0 unspecified atom stereocenters. The van der Waals surface area contributed by atoms with Gasteiger partial charge in [-0.2, -0.15) is 5.10 Å². The summed E-state index contributed by atoms with van der Waals surface area (Å²) in [4.78, 5) is 3.98. The Morgan fingerprint density at radius 1 is 0.938 bits per heavy atom. The van der Waals surface area contributed by atoms with Crippen LogP contribution in [-0.2, 0) is 18.9 Å². The second-order valence-corrected chi connectivity index (χ2v) is 7.85. The molecule has 0 aliphatic carbocycles. The third kappa shape index (κ3) is 8.29. The quantitative estimate of drug-likeness (QED) is 0.261. The standard InChI is InChI=1S/C23H40N4O5/c1-4-7-12-29-15-20(31-14-9-6-3)21(16-30-13-8-5-2)32-23(28)19-11-10-18-22(24)25-17-26-27(18)19/h10-11,17,20-21,23,28H,4-9,12-16H2,1-3H3,(H2,24,25,26)/t20-,21+,23+/m0/s1. The van der Waals surface area contributed by atoms with Gasteiger partial charge in [-0.15, -0.1) is 0 Å². The smallest absolute Gasteiger partial charge is 0.199 e. The van der Waals surface area contributed by atoms with E-state index in [2.05, 4.69) is 30.9 Å². The summed E-state index contributed by atoms with van der Waals surface area (Å²) in [5.41, 5.74) is 6.99. The molecule has 2 aromatic rings. The van der Waals surface area contributed by atoms with Gasteiger partial charge in [-0.05, 0) is 31.4 Å². The molecule has 0 saturated carbocycles. The highest BCUT2D eigenvalue weighted by Crippen LogP contribution is 2.23. The van der Waals surface area contributed by atoms with Crippen molar-refractivity contribution in [1.29, 1.82) is 0 Å². The van der Waals surface area contributed by atoms with Gasteiger partial charge in [-0.1, -0.05) is 40.0 Å². The Morgan fingerprint density at radius 3 is 2.22 bits per heavy atom. The second kappa shape index (κ2) is 15.1. The van der Waals surface area contributed by atoms with Gasteiger partial charge in [0.05, 0.1) is 18.9 Å². The molecule has 9 nitrogen and oxygen atoms in total. The van der Waals surface area contributed by atoms with E-state index >= 15 is 0 Å². The van der Waals surface area contributed by atoms with Crippen LogP contribution in [0.4, 0.5) is 5.82 Å². The Bertz CT molecular complexity index is 757. The van der Waals surface area contributed by atoms with Gasteiger partial charge in [0.2, 0.25) is 0 Å². The number of anilines is 1. The van der Waals surface area contributed by atoms with Crippen molar-refractivity contribution in [3.8, 4) is 0 Å². The summed E-state index contributed by atoms with van der Waals surface area (Å²) in [6, 6.07) is 3.48. The van der Waals surface area contributed by atoms with Crippen LogP contribution in [0.5, 0.6) is 0 Å². The van der Waals surface area contributed by atoms with Crippen molar-refractivity contribution < 1.29 is 24.1 Å². The first kappa shape index (κ1) is 26.5. The van der Waals surface area contributed by atoms with Crippen molar-refractivity contribution in [2.24, 2.45) is 0 Å². The number of ether oxygens (including phenoxy) is 4. The molecule has 3 atom stereocenters. The minimum atomic E-state index is -1.24. The fourth-order valence-corrected chi connectivity index (χ4v) is 3.16. The fourth-order valence-electron chi connectivity index (χ4n) is 3.16. The number of fused-ring (bicyclic) bond motifs is 1. The monoisotopic (exact) mass is 452 g/mol. The van der Waals surface area contributed by atoms with E-state index in [1.54, 1.807) is 12.1 Å². The summed E-state index contributed by atoms with van der Waals surface area (Å²) in [6.45, 7) is 8.92. The van der Waals surface area contributed by atoms with Crippen molar-refractivity contribution in [3.63, 3.8) is 0 Å². The molecule has 2 rings (SSSR count). The van der Waals surface area contributed by atoms with Crippen LogP contribution in [0, 0.1) is 0 Å². The lowest BCUT2D eigenvalue weighted by Crippen LogP contribution is -2.40. The van der Waals surface area contributed by atoms with Gasteiger partial charge in [0.1, 0.15) is 24.1 Å². The summed E-state index contributed by atoms with van der Waals surface area (Å²) in [5.74, 6) is 0.336. The van der Waals surface area contributed by atoms with Gasteiger partial charge in [-0.3, -0.25) is 0 Å². The van der Waals surface area contributed by atoms with Crippen LogP contribution in [0.1, 0.15) is 71.3 Å². The predicted molar refractivity (Wildman–Crippen MR) is 123 cm³/mol. The number of nitrogen functional groups attached to an aromatic ring is 1. The van der Waals surface area contributed by atoms with Gasteiger partial charge >= 0.3 is 0 Å². The second-order valence-electron chi connectivity index (χ2n) is 7.85. The Kier molecular flexibility index (Phi) is 12.5. The van der Waals surface area contributed by atoms with Gasteiger partial charge in [0.15, 0.2) is 12.1 Å². The zero-order valence-corrected chi connectivity index (χ0v) is 19.7. The molecular formula is C23H40N4O5. The highest BCUT2D eigenvalue weighted by molar-refractivity contribution is 5.65. The Labute approximate surface area is 191 Å². The first-order valence-corrected chi connectivity index (χ1v) is 11.8. The molecule has 0 fully saturated rings. The largest absolute Gasteiger partial charge is 0.382 e. The first-order valence-electron chi connectivity index (χ1n) is 11.8. The lowest BCUT2D eigenvalue weighted by atomic mass is 10.2. The molecule has 0 aliphatic heterocycles. The van der Waals surface area contributed by atoms with E-state index in [9.17, 15) is 5.11 Å². The maximum absolute atomic E-state index is 10.9. The van der Waals surface area contributed by atoms with Gasteiger partial charge < -0.3 is 29.8 Å². The normalized spacial score (nSPS) is 14.6. The molecule has 9 heteroatoms. The number of hydrogen-bond donors (Lipinski definition) is 2. The zero-order valence-electron chi connectivity index (χ0n) is 19.7. The molecule has 3 N–H and O–H groups in total. The van der Waals surface area contributed by atoms with Crippen molar-refractivity contribution >= 4 is 11.3 Å². The third-order valence-corrected chi connectivity index (χ3v) is 5.16. The third-order valence-electron chi connectivity index (χ3n) is 5.16. The van der Waals surface area contributed by atoms with Gasteiger partial charge in [0.25, 0.3) is 0 Å². The Morgan fingerprint density at radius 2 is 1.56 bits per heavy atom. The molecule has 0 saturated heterocycles. The number of nitrogens with two attached hydrogens (primary N) is 1. The van der Waals surface area contributed by atoms with E-state index in [0.717, 1.165) is 38.5 Å². The number of hydrogen-bond acceptors (Lipinski definition) is 8. The highest BCUT2D eigenvalue weighted by atomic mass is 16.6. The van der Waals surface area contributed by atoms with Crippen LogP contribution >= 0.6 is 0 Å². The lowest BCUT2D eigenvalue weighted by Gasteiger charge is -2.29. The topological polar surface area (TPSA) is 113 Å². The molecule has 182 valence electrons. The van der Waals surface area contributed by atoms with E-state index in [1.165, 1.54) is 10.8 Å². The van der Waals surface area contributed by atoms with Gasteiger partial charge in [-0.25, -0.2) is 9.50 Å². The van der Waals surface area contributed by atoms with Crippen molar-refractivity contribution in [3.05, 3.63) is 24.2 Å². The Hall–Kier alpha value is -1.78. The molecule has 0 amide bonds. The maximum Gasteiger partial charge on any atom is 0.199 e. The summed E-state index contributed by atoms with van der Waals surface area (Å²) >= 11 is 0. The van der Waals surface area contributed by atoms with E-state index in [1.807, 2.05) is 0 Å². The lowest BCUT2D eigenvalue weighted by molar-refractivity contribution is -0.204. The molecule has 0 aliphatic rings. The number of unbranched alkanes of at least 4 members (excludes halogenated alkanes) is 3. The number of aliphatic hydroxyl groups is 1. The maximum atomic E-state index is 10.9. The molecule has 0 aromatic carbocycles. The SMILES string of the molecule is CCCCOC[C@H](OCCCC)[C@@H](COCCCC)O[C@@H](O)c1ccc2c(N)ncnn12. The molecule has 0 radical (unpaired) electrons. The van der Waals surface area contributed by atoms with E-state index in [0.29, 0.717) is 50.1 Å². The van der Waals surface area contributed by atoms with Crippen molar-refractivity contribution in [1.82, 2.24) is 14.6 Å². The van der Waals surface area contributed by atoms with Crippen molar-refractivity contribution in [2.45, 2.75) is 77.8 Å². The zero-order chi connectivity index (χ0) is 23.2. The summed E-state index contributed by atoms with van der Waals surface area (Å²) in [6.07, 6.45) is 5.27. The average molecular weight is 453 g/mol. The number of aliphatic hydroxyl groups excluding tert-OH is 1. The molecule has 0 bridgehead atoms. The number of rotatable bonds is 18. The molecule has 0 spiro atoms. The summed E-state index contributed by atoms with van der Waals surface area (Å²) in [5, 5.41) is 15.1. The van der Waals surface area contributed by atoms with E-state index < -0.39 is 12.4 Å². The van der Waals surface area contributed by atoms with Crippen LogP contribution < -0.4 is 5.73 Å². The number of aromatic nitrogens is 3. The number of nitrogens with zero attached hydrogens (tertiary/aromatic N) is 3. The van der Waals surface area contributed by atoms with Crippen LogP contribution in [-0.4, -0.2) is 64.9 Å².